The first-order valence-electron chi connectivity index (χ1n) is 3.26. The maximum Gasteiger partial charge on any atom is 0.197 e. The Labute approximate surface area is 69.6 Å². The van der Waals surface area contributed by atoms with Crippen LogP contribution in [-0.2, 0) is 0 Å². The van der Waals surface area contributed by atoms with Crippen molar-refractivity contribution in [1.29, 1.82) is 0 Å². The molecule has 0 aliphatic carbocycles. The van der Waals surface area contributed by atoms with Crippen LogP contribution in [0.4, 0.5) is 0 Å². The highest BCUT2D eigenvalue weighted by atomic mass is 32.1. The Balaban J connectivity index is 2.64. The topological polar surface area (TPSA) is 29.1 Å². The molecule has 0 fully saturated rings. The molecule has 0 saturated carbocycles. The molecule has 1 N–H and O–H groups in total. The molecule has 0 aliphatic rings. The molecule has 1 heterocycles. The minimum Gasteiger partial charge on any atom is -0.394 e. The van der Waals surface area contributed by atoms with Gasteiger partial charge in [-0.25, -0.2) is 0 Å². The third-order valence-electron chi connectivity index (χ3n) is 1.17. The van der Waals surface area contributed by atoms with Gasteiger partial charge >= 0.3 is 0 Å². The number of carbonyl (C=O) groups is 1. The molecule has 0 saturated heterocycles. The van der Waals surface area contributed by atoms with Crippen LogP contribution in [0.2, 0.25) is 0 Å². The minimum absolute atomic E-state index is 0.0503. The fourth-order valence-corrected chi connectivity index (χ4v) is 1.30. The van der Waals surface area contributed by atoms with Crippen LogP contribution in [-0.4, -0.2) is 12.8 Å². The molecule has 1 aromatic heterocycles. The Morgan fingerprint density at radius 1 is 1.73 bits per heavy atom. The van der Waals surface area contributed by atoms with Gasteiger partial charge in [0, 0.05) is 19.3 Å². The molecular weight excluding hydrogens is 158 g/mol. The highest BCUT2D eigenvalue weighted by molar-refractivity contribution is 7.12. The molecule has 11 heavy (non-hydrogen) atoms. The van der Waals surface area contributed by atoms with E-state index in [4.69, 9.17) is 0 Å². The second-order valence-corrected chi connectivity index (χ2v) is 2.91. The summed E-state index contributed by atoms with van der Waals surface area (Å²) in [4.78, 5) is 11.9. The van der Waals surface area contributed by atoms with E-state index in [2.05, 4.69) is 5.32 Å². The Morgan fingerprint density at radius 3 is 3.09 bits per heavy atom. The van der Waals surface area contributed by atoms with Crippen molar-refractivity contribution < 1.29 is 4.79 Å². The summed E-state index contributed by atoms with van der Waals surface area (Å²) in [6.07, 6.45) is 3.15. The van der Waals surface area contributed by atoms with Crippen LogP contribution in [0.25, 0.3) is 0 Å². The summed E-state index contributed by atoms with van der Waals surface area (Å²) in [5.41, 5.74) is 0. The van der Waals surface area contributed by atoms with E-state index in [1.165, 1.54) is 17.4 Å². The number of ketones is 1. The fraction of sp³-hybridized carbons (Fsp3) is 0.125. The van der Waals surface area contributed by atoms with Crippen molar-refractivity contribution in [3.63, 3.8) is 0 Å². The van der Waals surface area contributed by atoms with Crippen LogP contribution < -0.4 is 5.32 Å². The van der Waals surface area contributed by atoms with Crippen LogP contribution in [0.3, 0.4) is 0 Å². The van der Waals surface area contributed by atoms with Gasteiger partial charge in [-0.3, -0.25) is 4.79 Å². The maximum atomic E-state index is 11.1. The van der Waals surface area contributed by atoms with E-state index in [1.54, 1.807) is 13.2 Å². The van der Waals surface area contributed by atoms with Gasteiger partial charge in [0.25, 0.3) is 0 Å². The first-order chi connectivity index (χ1) is 5.34. The van der Waals surface area contributed by atoms with Gasteiger partial charge in [-0.2, -0.15) is 0 Å². The summed E-state index contributed by atoms with van der Waals surface area (Å²) in [6.45, 7) is 0. The van der Waals surface area contributed by atoms with Crippen molar-refractivity contribution in [2.24, 2.45) is 0 Å². The third-order valence-corrected chi connectivity index (χ3v) is 2.05. The van der Waals surface area contributed by atoms with Crippen LogP contribution in [0, 0.1) is 0 Å². The number of hydrogen-bond acceptors (Lipinski definition) is 3. The Bertz CT molecular complexity index is 251. The van der Waals surface area contributed by atoms with Gasteiger partial charge in [0.1, 0.15) is 0 Å². The number of hydrogen-bond donors (Lipinski definition) is 1. The summed E-state index contributed by atoms with van der Waals surface area (Å²) in [5.74, 6) is 0.0503. The van der Waals surface area contributed by atoms with Crippen molar-refractivity contribution in [2.75, 3.05) is 7.05 Å². The summed E-state index contributed by atoms with van der Waals surface area (Å²) in [5, 5.41) is 4.65. The van der Waals surface area contributed by atoms with Crippen molar-refractivity contribution in [2.45, 2.75) is 0 Å². The highest BCUT2D eigenvalue weighted by Crippen LogP contribution is 2.09. The van der Waals surface area contributed by atoms with E-state index in [1.807, 2.05) is 17.5 Å². The zero-order valence-corrected chi connectivity index (χ0v) is 7.02. The highest BCUT2D eigenvalue weighted by Gasteiger charge is 1.99. The molecule has 0 unspecified atom stereocenters. The molecule has 58 valence electrons. The molecule has 0 spiro atoms. The van der Waals surface area contributed by atoms with Crippen molar-refractivity contribution >= 4 is 17.1 Å². The molecule has 3 heteroatoms. The van der Waals surface area contributed by atoms with Crippen LogP contribution >= 0.6 is 11.3 Å². The molecule has 0 amide bonds. The lowest BCUT2D eigenvalue weighted by atomic mass is 10.3. The second kappa shape index (κ2) is 3.93. The van der Waals surface area contributed by atoms with Gasteiger partial charge in [-0.1, -0.05) is 6.07 Å². The molecule has 0 atom stereocenters. The van der Waals surface area contributed by atoms with Gasteiger partial charge in [0.2, 0.25) is 0 Å². The Morgan fingerprint density at radius 2 is 2.55 bits per heavy atom. The van der Waals surface area contributed by atoms with E-state index in [-0.39, 0.29) is 5.78 Å². The standard InChI is InChI=1S/C8H9NOS/c1-9-5-4-7(10)8-3-2-6-11-8/h2-6,9H,1H3. The minimum atomic E-state index is 0.0503. The fourth-order valence-electron chi connectivity index (χ4n) is 0.660. The number of allylic oxidation sites excluding steroid dienone is 1. The number of carbonyl (C=O) groups excluding carboxylic acids is 1. The van der Waals surface area contributed by atoms with Gasteiger partial charge < -0.3 is 5.32 Å². The van der Waals surface area contributed by atoms with Gasteiger partial charge in [0.15, 0.2) is 5.78 Å². The van der Waals surface area contributed by atoms with Crippen LogP contribution in [0.1, 0.15) is 9.67 Å². The van der Waals surface area contributed by atoms with E-state index in [9.17, 15) is 4.79 Å². The lowest BCUT2D eigenvalue weighted by Gasteiger charge is -1.86. The largest absolute Gasteiger partial charge is 0.394 e. The normalized spacial score (nSPS) is 10.3. The molecule has 2 nitrogen and oxygen atoms in total. The molecule has 0 radical (unpaired) electrons. The van der Waals surface area contributed by atoms with E-state index in [0.717, 1.165) is 4.88 Å². The quantitative estimate of drug-likeness (QED) is 0.548. The summed E-state index contributed by atoms with van der Waals surface area (Å²) < 4.78 is 0. The third kappa shape index (κ3) is 2.20. The van der Waals surface area contributed by atoms with Gasteiger partial charge in [-0.15, -0.1) is 11.3 Å². The summed E-state index contributed by atoms with van der Waals surface area (Å²) in [7, 11) is 1.76. The molecule has 0 aliphatic heterocycles. The average molecular weight is 167 g/mol. The van der Waals surface area contributed by atoms with Gasteiger partial charge in [-0.05, 0) is 11.4 Å². The number of thiophene rings is 1. The number of nitrogens with one attached hydrogen (secondary N) is 1. The Kier molecular flexibility index (Phi) is 2.86. The van der Waals surface area contributed by atoms with Crippen molar-refractivity contribution in [3.8, 4) is 0 Å². The summed E-state index contributed by atoms with van der Waals surface area (Å²) >= 11 is 1.45. The molecule has 0 bridgehead atoms. The lowest BCUT2D eigenvalue weighted by molar-refractivity contribution is 0.105. The second-order valence-electron chi connectivity index (χ2n) is 1.96. The Hall–Kier alpha value is -1.09. The van der Waals surface area contributed by atoms with Gasteiger partial charge in [0.05, 0.1) is 4.88 Å². The SMILES string of the molecule is CNC=CC(=O)c1cccs1. The monoisotopic (exact) mass is 167 g/mol. The summed E-state index contributed by atoms with van der Waals surface area (Å²) in [6, 6.07) is 3.68. The molecular formula is C8H9NOS. The molecule has 1 aromatic rings. The lowest BCUT2D eigenvalue weighted by Crippen LogP contribution is -1.96. The van der Waals surface area contributed by atoms with Crippen molar-refractivity contribution in [3.05, 3.63) is 34.7 Å². The predicted molar refractivity (Wildman–Crippen MR) is 46.8 cm³/mol. The first kappa shape index (κ1) is 8.01. The smallest absolute Gasteiger partial charge is 0.197 e. The first-order valence-corrected chi connectivity index (χ1v) is 4.14. The zero-order valence-electron chi connectivity index (χ0n) is 6.20. The van der Waals surface area contributed by atoms with E-state index < -0.39 is 0 Å². The van der Waals surface area contributed by atoms with Crippen molar-refractivity contribution in [1.82, 2.24) is 5.32 Å². The average Bonchev–Trinajstić information content (AvgIpc) is 2.52. The van der Waals surface area contributed by atoms with Crippen LogP contribution in [0.5, 0.6) is 0 Å². The molecule has 1 rings (SSSR count). The zero-order chi connectivity index (χ0) is 8.10. The van der Waals surface area contributed by atoms with E-state index >= 15 is 0 Å². The predicted octanol–water partition coefficient (Wildman–Crippen LogP) is 1.66. The van der Waals surface area contributed by atoms with Crippen LogP contribution in [0.15, 0.2) is 29.8 Å². The maximum absolute atomic E-state index is 11.1. The van der Waals surface area contributed by atoms with E-state index in [0.29, 0.717) is 0 Å². The number of rotatable bonds is 3. The molecule has 0 aromatic carbocycles.